The molecule has 0 bridgehead atoms. The molecule has 1 aromatic heterocycles. The van der Waals surface area contributed by atoms with Gasteiger partial charge in [0.25, 0.3) is 0 Å². The molecule has 18 heavy (non-hydrogen) atoms. The molecule has 1 aromatic rings. The topological polar surface area (TPSA) is 28.2 Å². The Morgan fingerprint density at radius 2 is 2.06 bits per heavy atom. The normalized spacial score (nSPS) is 11.0. The molecule has 0 aliphatic carbocycles. The van der Waals surface area contributed by atoms with Crippen LogP contribution in [0.1, 0.15) is 39.0 Å². The van der Waals surface area contributed by atoms with Gasteiger partial charge in [-0.1, -0.05) is 20.8 Å². The van der Waals surface area contributed by atoms with Crippen molar-refractivity contribution in [2.75, 3.05) is 24.5 Å². The zero-order valence-corrected chi connectivity index (χ0v) is 12.5. The van der Waals surface area contributed by atoms with E-state index < -0.39 is 0 Å². The third kappa shape index (κ3) is 4.30. The molecule has 3 heteroatoms. The molecule has 0 fully saturated rings. The van der Waals surface area contributed by atoms with Crippen LogP contribution in [0.5, 0.6) is 0 Å². The zero-order valence-electron chi connectivity index (χ0n) is 12.5. The van der Waals surface area contributed by atoms with Gasteiger partial charge in [-0.15, -0.1) is 0 Å². The SMILES string of the molecule is CCNCc1cnc(C)cc1N(CC)CC(C)C. The summed E-state index contributed by atoms with van der Waals surface area (Å²) in [5.41, 5.74) is 3.72. The Bertz CT molecular complexity index is 361. The van der Waals surface area contributed by atoms with Crippen LogP contribution in [-0.4, -0.2) is 24.6 Å². The van der Waals surface area contributed by atoms with Crippen molar-refractivity contribution >= 4 is 5.69 Å². The van der Waals surface area contributed by atoms with Crippen LogP contribution in [0.4, 0.5) is 5.69 Å². The number of aryl methyl sites for hydroxylation is 1. The van der Waals surface area contributed by atoms with E-state index in [1.807, 2.05) is 6.20 Å². The highest BCUT2D eigenvalue weighted by atomic mass is 15.1. The third-order valence-corrected chi connectivity index (χ3v) is 2.97. The van der Waals surface area contributed by atoms with Gasteiger partial charge in [0.05, 0.1) is 0 Å². The monoisotopic (exact) mass is 249 g/mol. The summed E-state index contributed by atoms with van der Waals surface area (Å²) in [5.74, 6) is 0.672. The summed E-state index contributed by atoms with van der Waals surface area (Å²) in [4.78, 5) is 6.87. The Morgan fingerprint density at radius 3 is 2.61 bits per heavy atom. The lowest BCUT2D eigenvalue weighted by atomic mass is 10.1. The lowest BCUT2D eigenvalue weighted by molar-refractivity contribution is 0.614. The minimum atomic E-state index is 0.672. The number of rotatable bonds is 7. The summed E-state index contributed by atoms with van der Waals surface area (Å²) < 4.78 is 0. The van der Waals surface area contributed by atoms with Crippen LogP contribution in [-0.2, 0) is 6.54 Å². The van der Waals surface area contributed by atoms with Crippen molar-refractivity contribution in [1.29, 1.82) is 0 Å². The Labute approximate surface area is 112 Å². The molecule has 1 N–H and O–H groups in total. The van der Waals surface area contributed by atoms with Gasteiger partial charge in [-0.05, 0) is 32.4 Å². The number of pyridine rings is 1. The molecular formula is C15H27N3. The van der Waals surface area contributed by atoms with Crippen molar-refractivity contribution in [1.82, 2.24) is 10.3 Å². The maximum Gasteiger partial charge on any atom is 0.0445 e. The van der Waals surface area contributed by atoms with E-state index in [1.165, 1.54) is 11.3 Å². The zero-order chi connectivity index (χ0) is 13.5. The lowest BCUT2D eigenvalue weighted by Gasteiger charge is -2.27. The van der Waals surface area contributed by atoms with E-state index in [0.717, 1.165) is 31.9 Å². The number of aromatic nitrogens is 1. The minimum Gasteiger partial charge on any atom is -0.371 e. The van der Waals surface area contributed by atoms with E-state index in [9.17, 15) is 0 Å². The molecule has 0 aliphatic heterocycles. The number of hydrogen-bond donors (Lipinski definition) is 1. The highest BCUT2D eigenvalue weighted by molar-refractivity contribution is 5.53. The van der Waals surface area contributed by atoms with Crippen LogP contribution in [0.2, 0.25) is 0 Å². The van der Waals surface area contributed by atoms with Crippen LogP contribution < -0.4 is 10.2 Å². The predicted molar refractivity (Wildman–Crippen MR) is 79.1 cm³/mol. The standard InChI is InChI=1S/C15H27N3/c1-6-16-9-14-10-17-13(5)8-15(14)18(7-2)11-12(3)4/h8,10,12,16H,6-7,9,11H2,1-5H3. The second kappa shape index (κ2) is 7.37. The molecule has 0 aliphatic rings. The smallest absolute Gasteiger partial charge is 0.0445 e. The highest BCUT2D eigenvalue weighted by Crippen LogP contribution is 2.22. The molecule has 0 aromatic carbocycles. The fourth-order valence-electron chi connectivity index (χ4n) is 2.10. The van der Waals surface area contributed by atoms with Crippen LogP contribution in [0.3, 0.4) is 0 Å². The van der Waals surface area contributed by atoms with Gasteiger partial charge in [-0.3, -0.25) is 4.98 Å². The molecule has 0 saturated heterocycles. The maximum absolute atomic E-state index is 4.42. The number of nitrogens with zero attached hydrogens (tertiary/aromatic N) is 2. The van der Waals surface area contributed by atoms with Crippen LogP contribution >= 0.6 is 0 Å². The fourth-order valence-corrected chi connectivity index (χ4v) is 2.10. The second-order valence-corrected chi connectivity index (χ2v) is 5.17. The lowest BCUT2D eigenvalue weighted by Crippen LogP contribution is -2.29. The maximum atomic E-state index is 4.42. The summed E-state index contributed by atoms with van der Waals surface area (Å²) in [6.45, 7) is 15.0. The van der Waals surface area contributed by atoms with Crippen molar-refractivity contribution in [2.45, 2.75) is 41.2 Å². The summed E-state index contributed by atoms with van der Waals surface area (Å²) in [5, 5.41) is 3.39. The molecular weight excluding hydrogens is 222 g/mol. The summed E-state index contributed by atoms with van der Waals surface area (Å²) in [6.07, 6.45) is 2.01. The molecule has 102 valence electrons. The number of anilines is 1. The molecule has 0 atom stereocenters. The molecule has 0 saturated carbocycles. The van der Waals surface area contributed by atoms with Gasteiger partial charge in [0.2, 0.25) is 0 Å². The molecule has 0 unspecified atom stereocenters. The van der Waals surface area contributed by atoms with Crippen molar-refractivity contribution < 1.29 is 0 Å². The molecule has 0 spiro atoms. The van der Waals surface area contributed by atoms with E-state index >= 15 is 0 Å². The predicted octanol–water partition coefficient (Wildman–Crippen LogP) is 2.98. The average Bonchev–Trinajstić information content (AvgIpc) is 2.34. The number of nitrogens with one attached hydrogen (secondary N) is 1. The van der Waals surface area contributed by atoms with Crippen LogP contribution in [0.25, 0.3) is 0 Å². The molecule has 0 amide bonds. The summed E-state index contributed by atoms with van der Waals surface area (Å²) >= 11 is 0. The largest absolute Gasteiger partial charge is 0.371 e. The first-order valence-electron chi connectivity index (χ1n) is 6.99. The number of hydrogen-bond acceptors (Lipinski definition) is 3. The van der Waals surface area contributed by atoms with E-state index in [0.29, 0.717) is 5.92 Å². The summed E-state index contributed by atoms with van der Waals surface area (Å²) in [7, 11) is 0. The van der Waals surface area contributed by atoms with Gasteiger partial charge in [-0.2, -0.15) is 0 Å². The van der Waals surface area contributed by atoms with Crippen LogP contribution in [0, 0.1) is 12.8 Å². The first kappa shape index (κ1) is 15.0. The van der Waals surface area contributed by atoms with Gasteiger partial charge in [-0.25, -0.2) is 0 Å². The first-order chi connectivity index (χ1) is 8.58. The van der Waals surface area contributed by atoms with Crippen molar-refractivity contribution in [2.24, 2.45) is 5.92 Å². The van der Waals surface area contributed by atoms with E-state index in [1.54, 1.807) is 0 Å². The van der Waals surface area contributed by atoms with Gasteiger partial charge in [0.1, 0.15) is 0 Å². The highest BCUT2D eigenvalue weighted by Gasteiger charge is 2.11. The van der Waals surface area contributed by atoms with Crippen LogP contribution in [0.15, 0.2) is 12.3 Å². The van der Waals surface area contributed by atoms with Gasteiger partial charge < -0.3 is 10.2 Å². The Kier molecular flexibility index (Phi) is 6.13. The summed E-state index contributed by atoms with van der Waals surface area (Å²) in [6, 6.07) is 2.21. The van der Waals surface area contributed by atoms with Crippen molar-refractivity contribution in [3.63, 3.8) is 0 Å². The first-order valence-corrected chi connectivity index (χ1v) is 6.99. The average molecular weight is 249 g/mol. The van der Waals surface area contributed by atoms with E-state index in [-0.39, 0.29) is 0 Å². The molecule has 3 nitrogen and oxygen atoms in total. The Morgan fingerprint density at radius 1 is 1.33 bits per heavy atom. The van der Waals surface area contributed by atoms with E-state index in [4.69, 9.17) is 0 Å². The van der Waals surface area contributed by atoms with Gasteiger partial charge in [0, 0.05) is 42.8 Å². The molecule has 1 rings (SSSR count). The molecule has 1 heterocycles. The Hall–Kier alpha value is -1.09. The van der Waals surface area contributed by atoms with Gasteiger partial charge >= 0.3 is 0 Å². The van der Waals surface area contributed by atoms with E-state index in [2.05, 4.69) is 55.9 Å². The molecule has 0 radical (unpaired) electrons. The second-order valence-electron chi connectivity index (χ2n) is 5.17. The Balaban J connectivity index is 2.97. The quantitative estimate of drug-likeness (QED) is 0.805. The fraction of sp³-hybridized carbons (Fsp3) is 0.667. The minimum absolute atomic E-state index is 0.672. The van der Waals surface area contributed by atoms with Crippen molar-refractivity contribution in [3.8, 4) is 0 Å². The third-order valence-electron chi connectivity index (χ3n) is 2.97. The van der Waals surface area contributed by atoms with Crippen molar-refractivity contribution in [3.05, 3.63) is 23.5 Å². The van der Waals surface area contributed by atoms with Gasteiger partial charge in [0.15, 0.2) is 0 Å².